The van der Waals surface area contributed by atoms with Crippen molar-refractivity contribution in [2.45, 2.75) is 39.3 Å². The molecule has 0 unspecified atom stereocenters. The van der Waals surface area contributed by atoms with Crippen LogP contribution in [0.25, 0.3) is 0 Å². The zero-order valence-corrected chi connectivity index (χ0v) is 13.7. The Hall–Kier alpha value is -0.910. The zero-order valence-electron chi connectivity index (χ0n) is 13.7. The maximum atomic E-state index is 5.06. The molecule has 0 atom stereocenters. The van der Waals surface area contributed by atoms with E-state index < -0.39 is 0 Å². The highest BCUT2D eigenvalue weighted by Gasteiger charge is 2.20. The number of likely N-dealkylation sites (tertiary alicyclic amines) is 1. The number of methoxy groups -OCH3 is 1. The molecular weight excluding hydrogens is 264 g/mol. The van der Waals surface area contributed by atoms with Crippen molar-refractivity contribution in [1.29, 1.82) is 0 Å². The molecule has 1 aliphatic rings. The molecule has 21 heavy (non-hydrogen) atoms. The summed E-state index contributed by atoms with van der Waals surface area (Å²) in [5, 5.41) is 3.48. The maximum absolute atomic E-state index is 5.06. The van der Waals surface area contributed by atoms with E-state index in [0.717, 1.165) is 32.2 Å². The molecule has 0 bridgehead atoms. The number of hydrogen-bond acceptors (Lipinski definition) is 4. The molecule has 2 rings (SSSR count). The quantitative estimate of drug-likeness (QED) is 0.744. The van der Waals surface area contributed by atoms with Gasteiger partial charge in [-0.15, -0.1) is 0 Å². The lowest BCUT2D eigenvalue weighted by atomic mass is 9.96. The van der Waals surface area contributed by atoms with Crippen molar-refractivity contribution in [2.75, 3.05) is 39.9 Å². The summed E-state index contributed by atoms with van der Waals surface area (Å²) in [6.45, 7) is 10.7. The van der Waals surface area contributed by atoms with Crippen LogP contribution in [0.1, 0.15) is 38.4 Å². The lowest BCUT2D eigenvalue weighted by molar-refractivity contribution is 0.165. The third kappa shape index (κ3) is 5.09. The van der Waals surface area contributed by atoms with E-state index in [4.69, 9.17) is 4.74 Å². The van der Waals surface area contributed by atoms with Crippen LogP contribution >= 0.6 is 0 Å². The summed E-state index contributed by atoms with van der Waals surface area (Å²) in [7, 11) is 1.75. The van der Waals surface area contributed by atoms with Crippen molar-refractivity contribution >= 4 is 0 Å². The molecule has 1 aromatic heterocycles. The predicted octanol–water partition coefficient (Wildman–Crippen LogP) is 1.91. The minimum absolute atomic E-state index is 0.491. The normalized spacial score (nSPS) is 17.7. The molecule has 0 aromatic carbocycles. The molecular formula is C16H30N4O. The number of piperidine rings is 1. The summed E-state index contributed by atoms with van der Waals surface area (Å²) < 4.78 is 7.33. The highest BCUT2D eigenvalue weighted by Crippen LogP contribution is 2.19. The lowest BCUT2D eigenvalue weighted by Gasteiger charge is -2.32. The zero-order chi connectivity index (χ0) is 15.1. The van der Waals surface area contributed by atoms with Crippen molar-refractivity contribution in [1.82, 2.24) is 19.8 Å². The number of nitrogens with one attached hydrogen (secondary N) is 1. The average molecular weight is 294 g/mol. The fourth-order valence-corrected chi connectivity index (χ4v) is 2.98. The Morgan fingerprint density at radius 3 is 2.81 bits per heavy atom. The van der Waals surface area contributed by atoms with E-state index in [9.17, 15) is 0 Å². The summed E-state index contributed by atoms with van der Waals surface area (Å²) >= 11 is 0. The van der Waals surface area contributed by atoms with Gasteiger partial charge in [0.2, 0.25) is 0 Å². The van der Waals surface area contributed by atoms with Gasteiger partial charge in [0.05, 0.1) is 18.6 Å². The molecule has 0 amide bonds. The predicted molar refractivity (Wildman–Crippen MR) is 85.4 cm³/mol. The highest BCUT2D eigenvalue weighted by atomic mass is 16.5. The molecule has 0 spiro atoms. The first-order valence-electron chi connectivity index (χ1n) is 8.13. The molecule has 1 aromatic rings. The topological polar surface area (TPSA) is 42.3 Å². The molecule has 5 nitrogen and oxygen atoms in total. The highest BCUT2D eigenvalue weighted by molar-refractivity contribution is 5.00. The second-order valence-electron chi connectivity index (χ2n) is 6.30. The van der Waals surface area contributed by atoms with Crippen LogP contribution < -0.4 is 5.32 Å². The van der Waals surface area contributed by atoms with E-state index in [1.807, 2.05) is 12.5 Å². The largest absolute Gasteiger partial charge is 0.383 e. The van der Waals surface area contributed by atoms with Gasteiger partial charge < -0.3 is 14.6 Å². The lowest BCUT2D eigenvalue weighted by Crippen LogP contribution is -2.37. The molecule has 1 N–H and O–H groups in total. The molecule has 0 radical (unpaired) electrons. The number of nitrogens with zero attached hydrogens (tertiary/aromatic N) is 3. The van der Waals surface area contributed by atoms with E-state index in [2.05, 4.69) is 33.6 Å². The monoisotopic (exact) mass is 294 g/mol. The minimum Gasteiger partial charge on any atom is -0.383 e. The Morgan fingerprint density at radius 1 is 1.38 bits per heavy atom. The summed E-state index contributed by atoms with van der Waals surface area (Å²) in [6, 6.07) is 0.491. The summed E-state index contributed by atoms with van der Waals surface area (Å²) in [4.78, 5) is 6.85. The van der Waals surface area contributed by atoms with Gasteiger partial charge >= 0.3 is 0 Å². The van der Waals surface area contributed by atoms with E-state index >= 15 is 0 Å². The molecule has 5 heteroatoms. The Morgan fingerprint density at radius 2 is 2.14 bits per heavy atom. The molecule has 120 valence electrons. The second-order valence-corrected chi connectivity index (χ2v) is 6.30. The van der Waals surface area contributed by atoms with Gasteiger partial charge in [0.25, 0.3) is 0 Å². The van der Waals surface area contributed by atoms with Crippen LogP contribution in [0, 0.1) is 5.92 Å². The number of rotatable bonds is 8. The van der Waals surface area contributed by atoms with Crippen LogP contribution in [0.2, 0.25) is 0 Å². The van der Waals surface area contributed by atoms with Crippen LogP contribution in [-0.4, -0.2) is 54.3 Å². The first kappa shape index (κ1) is 16.5. The Balaban J connectivity index is 1.70. The summed E-state index contributed by atoms with van der Waals surface area (Å²) in [6.07, 6.45) is 6.54. The first-order chi connectivity index (χ1) is 10.2. The molecule has 1 aliphatic heterocycles. The molecule has 1 fully saturated rings. The van der Waals surface area contributed by atoms with Gasteiger partial charge in [0.1, 0.15) is 0 Å². The fraction of sp³-hybridized carbons (Fsp3) is 0.812. The standard InChI is InChI=1S/C16H30N4O/c1-14(2)20-13-18-11-16(20)12-19-7-4-15(5-8-19)10-17-6-9-21-3/h11,13-15,17H,4-10,12H2,1-3H3. The van der Waals surface area contributed by atoms with Crippen LogP contribution in [0.4, 0.5) is 0 Å². The SMILES string of the molecule is COCCNCC1CCN(Cc2cncn2C(C)C)CC1. The van der Waals surface area contributed by atoms with Crippen LogP contribution in [0.5, 0.6) is 0 Å². The van der Waals surface area contributed by atoms with Gasteiger partial charge in [-0.3, -0.25) is 4.90 Å². The second kappa shape index (κ2) is 8.51. The first-order valence-corrected chi connectivity index (χ1v) is 8.13. The van der Waals surface area contributed by atoms with E-state index in [1.54, 1.807) is 7.11 Å². The summed E-state index contributed by atoms with van der Waals surface area (Å²) in [5.74, 6) is 0.813. The molecule has 2 heterocycles. The van der Waals surface area contributed by atoms with E-state index in [0.29, 0.717) is 6.04 Å². The van der Waals surface area contributed by atoms with E-state index in [-0.39, 0.29) is 0 Å². The van der Waals surface area contributed by atoms with Crippen molar-refractivity contribution in [3.8, 4) is 0 Å². The number of hydrogen-bond donors (Lipinski definition) is 1. The molecule has 0 saturated carbocycles. The van der Waals surface area contributed by atoms with E-state index in [1.165, 1.54) is 31.6 Å². The molecule has 0 aliphatic carbocycles. The maximum Gasteiger partial charge on any atom is 0.0951 e. The third-order valence-corrected chi connectivity index (χ3v) is 4.31. The van der Waals surface area contributed by atoms with Gasteiger partial charge in [-0.1, -0.05) is 0 Å². The number of ether oxygens (including phenoxy) is 1. The Kier molecular flexibility index (Phi) is 6.67. The van der Waals surface area contributed by atoms with Crippen molar-refractivity contribution in [3.05, 3.63) is 18.2 Å². The fourth-order valence-electron chi connectivity index (χ4n) is 2.98. The smallest absolute Gasteiger partial charge is 0.0951 e. The van der Waals surface area contributed by atoms with Crippen LogP contribution in [-0.2, 0) is 11.3 Å². The molecule has 1 saturated heterocycles. The summed E-state index contributed by atoms with van der Waals surface area (Å²) in [5.41, 5.74) is 1.33. The van der Waals surface area contributed by atoms with Gasteiger partial charge in [-0.2, -0.15) is 0 Å². The van der Waals surface area contributed by atoms with Crippen molar-refractivity contribution in [3.63, 3.8) is 0 Å². The average Bonchev–Trinajstić information content (AvgIpc) is 2.94. The third-order valence-electron chi connectivity index (χ3n) is 4.31. The van der Waals surface area contributed by atoms with Gasteiger partial charge in [0.15, 0.2) is 0 Å². The van der Waals surface area contributed by atoms with Crippen LogP contribution in [0.15, 0.2) is 12.5 Å². The Bertz CT molecular complexity index is 397. The minimum atomic E-state index is 0.491. The van der Waals surface area contributed by atoms with Crippen molar-refractivity contribution < 1.29 is 4.74 Å². The van der Waals surface area contributed by atoms with Gasteiger partial charge in [-0.25, -0.2) is 4.98 Å². The van der Waals surface area contributed by atoms with Crippen molar-refractivity contribution in [2.24, 2.45) is 5.92 Å². The number of aromatic nitrogens is 2. The number of imidazole rings is 1. The Labute approximate surface area is 128 Å². The van der Waals surface area contributed by atoms with Gasteiger partial charge in [0, 0.05) is 32.4 Å². The van der Waals surface area contributed by atoms with Gasteiger partial charge in [-0.05, 0) is 52.2 Å². The van der Waals surface area contributed by atoms with Crippen LogP contribution in [0.3, 0.4) is 0 Å².